The Morgan fingerprint density at radius 1 is 0.818 bits per heavy atom. The summed E-state index contributed by atoms with van der Waals surface area (Å²) in [5, 5.41) is 3.73. The summed E-state index contributed by atoms with van der Waals surface area (Å²) in [6, 6.07) is 22.4. The molecule has 1 saturated heterocycles. The number of rotatable bonds is 5. The van der Waals surface area contributed by atoms with Gasteiger partial charge in [-0.25, -0.2) is 4.98 Å². The van der Waals surface area contributed by atoms with Gasteiger partial charge in [0, 0.05) is 30.9 Å². The number of benzene rings is 3. The molecule has 1 fully saturated rings. The van der Waals surface area contributed by atoms with Gasteiger partial charge < -0.3 is 9.88 Å². The molecule has 2 aliphatic heterocycles. The van der Waals surface area contributed by atoms with Gasteiger partial charge in [-0.15, -0.1) is 0 Å². The van der Waals surface area contributed by atoms with Gasteiger partial charge in [0.2, 0.25) is 0 Å². The number of fused-ring (bicyclic) bond motifs is 3. The normalized spacial score (nSPS) is 15.8. The molecule has 0 bridgehead atoms. The zero-order valence-electron chi connectivity index (χ0n) is 19.5. The Bertz CT molecular complexity index is 1300. The fraction of sp³-hybridized carbons (Fsp3) is 0.345. The van der Waals surface area contributed by atoms with Crippen molar-refractivity contribution in [2.45, 2.75) is 52.1 Å². The smallest absolute Gasteiger partial charge is 0.109 e. The first-order chi connectivity index (χ1) is 16.3. The highest BCUT2D eigenvalue weighted by atomic mass is 15.1. The van der Waals surface area contributed by atoms with E-state index in [2.05, 4.69) is 82.4 Å². The third kappa shape index (κ3) is 4.04. The van der Waals surface area contributed by atoms with Crippen LogP contribution in [0, 0.1) is 0 Å². The summed E-state index contributed by atoms with van der Waals surface area (Å²) in [5.74, 6) is 1.15. The van der Waals surface area contributed by atoms with Crippen molar-refractivity contribution in [1.29, 1.82) is 0 Å². The number of anilines is 2. The second kappa shape index (κ2) is 8.68. The van der Waals surface area contributed by atoms with E-state index in [-0.39, 0.29) is 0 Å². The maximum Gasteiger partial charge on any atom is 0.109 e. The van der Waals surface area contributed by atoms with Crippen molar-refractivity contribution < 1.29 is 0 Å². The van der Waals surface area contributed by atoms with E-state index in [1.807, 2.05) is 0 Å². The molecule has 0 saturated carbocycles. The van der Waals surface area contributed by atoms with Crippen molar-refractivity contribution in [1.82, 2.24) is 14.5 Å². The van der Waals surface area contributed by atoms with E-state index in [9.17, 15) is 0 Å². The molecule has 3 heterocycles. The lowest BCUT2D eigenvalue weighted by atomic mass is 10.0. The van der Waals surface area contributed by atoms with Crippen molar-refractivity contribution in [2.75, 3.05) is 18.4 Å². The number of likely N-dealkylation sites (tertiary alicyclic amines) is 1. The van der Waals surface area contributed by atoms with Gasteiger partial charge in [-0.3, -0.25) is 4.90 Å². The van der Waals surface area contributed by atoms with Crippen LogP contribution < -0.4 is 5.32 Å². The van der Waals surface area contributed by atoms with Gasteiger partial charge in [-0.1, -0.05) is 43.3 Å². The molecule has 1 N–H and O–H groups in total. The van der Waals surface area contributed by atoms with Gasteiger partial charge in [0.25, 0.3) is 0 Å². The number of para-hydroxylation sites is 2. The Hall–Kier alpha value is -3.11. The molecule has 0 spiro atoms. The monoisotopic (exact) mass is 436 g/mol. The predicted molar refractivity (Wildman–Crippen MR) is 136 cm³/mol. The summed E-state index contributed by atoms with van der Waals surface area (Å²) in [6.07, 6.45) is 5.79. The molecule has 6 rings (SSSR count). The van der Waals surface area contributed by atoms with E-state index < -0.39 is 0 Å². The Morgan fingerprint density at radius 2 is 1.48 bits per heavy atom. The molecule has 0 aliphatic carbocycles. The SMILES string of the molecule is CCc1nc2ccccc2n1Cc1ccc2c(c1)CCc1cc(CN3CCCC3)ccc1N2. The number of aromatic nitrogens is 2. The summed E-state index contributed by atoms with van der Waals surface area (Å²) in [7, 11) is 0. The number of aryl methyl sites for hydroxylation is 3. The second-order valence-electron chi connectivity index (χ2n) is 9.55. The van der Waals surface area contributed by atoms with Crippen molar-refractivity contribution in [2.24, 2.45) is 0 Å². The van der Waals surface area contributed by atoms with Gasteiger partial charge in [-0.05, 0) is 85.3 Å². The molecule has 33 heavy (non-hydrogen) atoms. The molecular formula is C29H32N4. The number of nitrogens with zero attached hydrogens (tertiary/aromatic N) is 3. The van der Waals surface area contributed by atoms with Crippen LogP contribution in [0.1, 0.15) is 47.8 Å². The van der Waals surface area contributed by atoms with Crippen LogP contribution in [-0.4, -0.2) is 27.5 Å². The molecule has 0 atom stereocenters. The first-order valence-electron chi connectivity index (χ1n) is 12.4. The molecule has 1 aromatic heterocycles. The van der Waals surface area contributed by atoms with Crippen LogP contribution in [0.3, 0.4) is 0 Å². The quantitative estimate of drug-likeness (QED) is 0.411. The molecule has 0 amide bonds. The summed E-state index contributed by atoms with van der Waals surface area (Å²) in [5.41, 5.74) is 10.5. The van der Waals surface area contributed by atoms with Crippen LogP contribution in [0.2, 0.25) is 0 Å². The van der Waals surface area contributed by atoms with Crippen molar-refractivity contribution in [3.8, 4) is 0 Å². The fourth-order valence-electron chi connectivity index (χ4n) is 5.52. The summed E-state index contributed by atoms with van der Waals surface area (Å²) in [4.78, 5) is 7.43. The van der Waals surface area contributed by atoms with Crippen molar-refractivity contribution >= 4 is 22.4 Å². The van der Waals surface area contributed by atoms with Crippen molar-refractivity contribution in [3.63, 3.8) is 0 Å². The third-order valence-electron chi connectivity index (χ3n) is 7.27. The van der Waals surface area contributed by atoms with E-state index in [0.717, 1.165) is 43.7 Å². The van der Waals surface area contributed by atoms with Crippen molar-refractivity contribution in [3.05, 3.63) is 88.7 Å². The van der Waals surface area contributed by atoms with Gasteiger partial charge in [-0.2, -0.15) is 0 Å². The lowest BCUT2D eigenvalue weighted by Gasteiger charge is -2.16. The van der Waals surface area contributed by atoms with Crippen LogP contribution in [0.25, 0.3) is 11.0 Å². The maximum atomic E-state index is 4.85. The van der Waals surface area contributed by atoms with Gasteiger partial charge >= 0.3 is 0 Å². The summed E-state index contributed by atoms with van der Waals surface area (Å²) >= 11 is 0. The number of imidazole rings is 1. The number of hydrogen-bond acceptors (Lipinski definition) is 3. The highest BCUT2D eigenvalue weighted by Gasteiger charge is 2.17. The Morgan fingerprint density at radius 3 is 2.18 bits per heavy atom. The Kier molecular flexibility index (Phi) is 5.39. The molecular weight excluding hydrogens is 404 g/mol. The zero-order valence-corrected chi connectivity index (χ0v) is 19.5. The molecule has 168 valence electrons. The minimum Gasteiger partial charge on any atom is -0.355 e. The standard InChI is InChI=1S/C29H32N4/c1-2-29-31-27-7-3-4-8-28(27)33(29)20-22-10-14-26-24(18-22)12-11-23-17-21(9-13-25(23)30-26)19-32-15-5-6-16-32/h3-4,7-10,13-14,17-18,30H,2,5-6,11-12,15-16,19-20H2,1H3. The minimum atomic E-state index is 0.865. The first kappa shape index (κ1) is 20.5. The minimum absolute atomic E-state index is 0.865. The average molecular weight is 437 g/mol. The first-order valence-corrected chi connectivity index (χ1v) is 12.4. The lowest BCUT2D eigenvalue weighted by Crippen LogP contribution is -2.18. The van der Waals surface area contributed by atoms with E-state index in [1.165, 1.54) is 65.1 Å². The topological polar surface area (TPSA) is 33.1 Å². The molecule has 3 aromatic carbocycles. The van der Waals surface area contributed by atoms with Crippen LogP contribution in [0.5, 0.6) is 0 Å². The summed E-state index contributed by atoms with van der Waals surface area (Å²) < 4.78 is 2.38. The number of nitrogens with one attached hydrogen (secondary N) is 1. The number of hydrogen-bond donors (Lipinski definition) is 1. The van der Waals surface area contributed by atoms with E-state index >= 15 is 0 Å². The molecule has 4 heteroatoms. The van der Waals surface area contributed by atoms with Gasteiger partial charge in [0.1, 0.15) is 5.82 Å². The average Bonchev–Trinajstić information content (AvgIpc) is 3.43. The Labute approximate surface area is 196 Å². The largest absolute Gasteiger partial charge is 0.355 e. The maximum absolute atomic E-state index is 4.85. The zero-order chi connectivity index (χ0) is 22.2. The van der Waals surface area contributed by atoms with Crippen LogP contribution >= 0.6 is 0 Å². The fourth-order valence-corrected chi connectivity index (χ4v) is 5.52. The van der Waals surface area contributed by atoms with E-state index in [1.54, 1.807) is 0 Å². The summed E-state index contributed by atoms with van der Waals surface area (Å²) in [6.45, 7) is 6.63. The highest BCUT2D eigenvalue weighted by molar-refractivity contribution is 5.76. The Balaban J connectivity index is 1.24. The molecule has 4 nitrogen and oxygen atoms in total. The molecule has 0 unspecified atom stereocenters. The van der Waals surface area contributed by atoms with E-state index in [4.69, 9.17) is 4.98 Å². The molecule has 2 aliphatic rings. The van der Waals surface area contributed by atoms with Crippen LogP contribution in [0.15, 0.2) is 60.7 Å². The molecule has 0 radical (unpaired) electrons. The second-order valence-corrected chi connectivity index (χ2v) is 9.55. The van der Waals surface area contributed by atoms with E-state index in [0.29, 0.717) is 0 Å². The predicted octanol–water partition coefficient (Wildman–Crippen LogP) is 6.09. The lowest BCUT2D eigenvalue weighted by molar-refractivity contribution is 0.331. The van der Waals surface area contributed by atoms with Crippen LogP contribution in [-0.2, 0) is 32.4 Å². The molecule has 4 aromatic rings. The third-order valence-corrected chi connectivity index (χ3v) is 7.27. The van der Waals surface area contributed by atoms with Gasteiger partial charge in [0.15, 0.2) is 0 Å². The highest BCUT2D eigenvalue weighted by Crippen LogP contribution is 2.32. The van der Waals surface area contributed by atoms with Gasteiger partial charge in [0.05, 0.1) is 11.0 Å². The van der Waals surface area contributed by atoms with Crippen LogP contribution in [0.4, 0.5) is 11.4 Å².